The fourth-order valence-corrected chi connectivity index (χ4v) is 3.41. The van der Waals surface area contributed by atoms with E-state index < -0.39 is 0 Å². The number of methoxy groups -OCH3 is 1. The minimum atomic E-state index is 0.580. The van der Waals surface area contributed by atoms with Crippen LogP contribution >= 0.6 is 0 Å². The van der Waals surface area contributed by atoms with Crippen molar-refractivity contribution in [3.05, 3.63) is 23.8 Å². The predicted octanol–water partition coefficient (Wildman–Crippen LogP) is 2.90. The van der Waals surface area contributed by atoms with Crippen LogP contribution in [0, 0.1) is 5.92 Å². The van der Waals surface area contributed by atoms with Gasteiger partial charge in [0.2, 0.25) is 0 Å². The van der Waals surface area contributed by atoms with Gasteiger partial charge in [0.25, 0.3) is 0 Å². The molecule has 0 radical (unpaired) electrons. The van der Waals surface area contributed by atoms with Crippen molar-refractivity contribution in [1.29, 1.82) is 0 Å². The molecule has 3 nitrogen and oxygen atoms in total. The molecule has 0 N–H and O–H groups in total. The number of fused-ring (bicyclic) bond motifs is 3. The molecule has 2 aliphatic heterocycles. The topological polar surface area (TPSA) is 21.7 Å². The van der Waals surface area contributed by atoms with Gasteiger partial charge >= 0.3 is 0 Å². The highest BCUT2D eigenvalue weighted by atomic mass is 16.5. The number of ether oxygens (including phenoxy) is 2. The molecule has 1 aromatic carbocycles. The second-order valence-electron chi connectivity index (χ2n) is 5.66. The standard InChI is InChI=1S/C16H23NO2/c1-3-4-8-17-9-12-11-19-15-7-5-6-14(18-2)16(15)13(12)10-17/h5-7,12-13H,3-4,8-11H2,1-2H3/t12-,13+/m0/s1. The number of hydrogen-bond donors (Lipinski definition) is 0. The van der Waals surface area contributed by atoms with Crippen molar-refractivity contribution in [3.8, 4) is 11.5 Å². The first kappa shape index (κ1) is 12.8. The van der Waals surface area contributed by atoms with E-state index in [1.165, 1.54) is 31.5 Å². The fourth-order valence-electron chi connectivity index (χ4n) is 3.41. The molecular formula is C16H23NO2. The Balaban J connectivity index is 1.84. The van der Waals surface area contributed by atoms with Crippen LogP contribution < -0.4 is 9.47 Å². The first-order chi connectivity index (χ1) is 9.33. The van der Waals surface area contributed by atoms with Crippen molar-refractivity contribution in [2.24, 2.45) is 5.92 Å². The van der Waals surface area contributed by atoms with Gasteiger partial charge in [0.05, 0.1) is 13.7 Å². The van der Waals surface area contributed by atoms with Crippen LogP contribution in [0.15, 0.2) is 18.2 Å². The van der Waals surface area contributed by atoms with Crippen LogP contribution in [0.4, 0.5) is 0 Å². The highest BCUT2D eigenvalue weighted by Gasteiger charge is 2.40. The molecule has 0 spiro atoms. The molecule has 0 amide bonds. The van der Waals surface area contributed by atoms with Crippen molar-refractivity contribution in [3.63, 3.8) is 0 Å². The van der Waals surface area contributed by atoms with Crippen LogP contribution in [0.1, 0.15) is 31.2 Å². The molecule has 3 rings (SSSR count). The van der Waals surface area contributed by atoms with E-state index in [0.29, 0.717) is 11.8 Å². The molecule has 0 saturated carbocycles. The van der Waals surface area contributed by atoms with Gasteiger partial charge in [-0.05, 0) is 25.1 Å². The number of hydrogen-bond acceptors (Lipinski definition) is 3. The van der Waals surface area contributed by atoms with Crippen molar-refractivity contribution in [2.75, 3.05) is 33.4 Å². The van der Waals surface area contributed by atoms with Crippen LogP contribution in [0.5, 0.6) is 11.5 Å². The van der Waals surface area contributed by atoms with Crippen LogP contribution in [0.25, 0.3) is 0 Å². The lowest BCUT2D eigenvalue weighted by Gasteiger charge is -2.29. The fraction of sp³-hybridized carbons (Fsp3) is 0.625. The minimum absolute atomic E-state index is 0.580. The number of benzene rings is 1. The molecule has 2 aliphatic rings. The Bertz CT molecular complexity index is 432. The van der Waals surface area contributed by atoms with E-state index >= 15 is 0 Å². The van der Waals surface area contributed by atoms with E-state index in [-0.39, 0.29) is 0 Å². The summed E-state index contributed by atoms with van der Waals surface area (Å²) in [6.07, 6.45) is 2.56. The second-order valence-corrected chi connectivity index (χ2v) is 5.66. The van der Waals surface area contributed by atoms with E-state index in [4.69, 9.17) is 9.47 Å². The normalized spacial score (nSPS) is 25.6. The van der Waals surface area contributed by atoms with Crippen molar-refractivity contribution >= 4 is 0 Å². The van der Waals surface area contributed by atoms with Crippen molar-refractivity contribution < 1.29 is 9.47 Å². The number of rotatable bonds is 4. The van der Waals surface area contributed by atoms with Gasteiger partial charge in [0, 0.05) is 30.5 Å². The summed E-state index contributed by atoms with van der Waals surface area (Å²) in [7, 11) is 1.75. The van der Waals surface area contributed by atoms with Crippen molar-refractivity contribution in [1.82, 2.24) is 4.90 Å². The molecule has 1 saturated heterocycles. The quantitative estimate of drug-likeness (QED) is 0.832. The summed E-state index contributed by atoms with van der Waals surface area (Å²) in [6.45, 7) is 6.65. The largest absolute Gasteiger partial charge is 0.496 e. The Kier molecular flexibility index (Phi) is 3.65. The molecule has 0 unspecified atom stereocenters. The third-order valence-electron chi connectivity index (χ3n) is 4.41. The summed E-state index contributed by atoms with van der Waals surface area (Å²) in [6, 6.07) is 6.14. The van der Waals surface area contributed by atoms with E-state index in [0.717, 1.165) is 24.7 Å². The van der Waals surface area contributed by atoms with Crippen molar-refractivity contribution in [2.45, 2.75) is 25.7 Å². The molecule has 0 aromatic heterocycles. The third kappa shape index (κ3) is 2.32. The zero-order valence-corrected chi connectivity index (χ0v) is 11.9. The smallest absolute Gasteiger partial charge is 0.126 e. The van der Waals surface area contributed by atoms with Gasteiger partial charge in [0.15, 0.2) is 0 Å². The molecule has 0 bridgehead atoms. The zero-order valence-electron chi connectivity index (χ0n) is 11.9. The van der Waals surface area contributed by atoms with Gasteiger partial charge in [-0.3, -0.25) is 0 Å². The number of likely N-dealkylation sites (tertiary alicyclic amines) is 1. The minimum Gasteiger partial charge on any atom is -0.496 e. The molecular weight excluding hydrogens is 238 g/mol. The van der Waals surface area contributed by atoms with Crippen LogP contribution in [-0.4, -0.2) is 38.3 Å². The van der Waals surface area contributed by atoms with Crippen LogP contribution in [0.3, 0.4) is 0 Å². The van der Waals surface area contributed by atoms with Crippen LogP contribution in [0.2, 0.25) is 0 Å². The Labute approximate surface area is 115 Å². The lowest BCUT2D eigenvalue weighted by molar-refractivity contribution is 0.209. The van der Waals surface area contributed by atoms with E-state index in [2.05, 4.69) is 24.0 Å². The van der Waals surface area contributed by atoms with Gasteiger partial charge in [-0.1, -0.05) is 19.4 Å². The number of unbranched alkanes of at least 4 members (excludes halogenated alkanes) is 1. The van der Waals surface area contributed by atoms with E-state index in [9.17, 15) is 0 Å². The van der Waals surface area contributed by atoms with Gasteiger partial charge in [-0.25, -0.2) is 0 Å². The maximum Gasteiger partial charge on any atom is 0.126 e. The monoisotopic (exact) mass is 261 g/mol. The Morgan fingerprint density at radius 1 is 1.37 bits per heavy atom. The summed E-state index contributed by atoms with van der Waals surface area (Å²) in [5, 5.41) is 0. The molecule has 19 heavy (non-hydrogen) atoms. The molecule has 104 valence electrons. The summed E-state index contributed by atoms with van der Waals surface area (Å²) in [5.41, 5.74) is 1.29. The molecule has 1 aromatic rings. The highest BCUT2D eigenvalue weighted by molar-refractivity contribution is 5.49. The van der Waals surface area contributed by atoms with E-state index in [1.807, 2.05) is 6.07 Å². The Hall–Kier alpha value is -1.22. The summed E-state index contributed by atoms with van der Waals surface area (Å²) < 4.78 is 11.5. The summed E-state index contributed by atoms with van der Waals surface area (Å²) in [5.74, 6) is 3.22. The Morgan fingerprint density at radius 2 is 2.26 bits per heavy atom. The summed E-state index contributed by atoms with van der Waals surface area (Å²) >= 11 is 0. The maximum atomic E-state index is 5.93. The molecule has 0 aliphatic carbocycles. The molecule has 3 heteroatoms. The lowest BCUT2D eigenvalue weighted by atomic mass is 9.86. The third-order valence-corrected chi connectivity index (χ3v) is 4.41. The van der Waals surface area contributed by atoms with Gasteiger partial charge in [0.1, 0.15) is 11.5 Å². The first-order valence-electron chi connectivity index (χ1n) is 7.35. The SMILES string of the molecule is CCCCN1C[C@H]2COc3cccc(OC)c3[C@@H]2C1. The second kappa shape index (κ2) is 5.41. The van der Waals surface area contributed by atoms with Gasteiger partial charge < -0.3 is 14.4 Å². The Morgan fingerprint density at radius 3 is 3.05 bits per heavy atom. The summed E-state index contributed by atoms with van der Waals surface area (Å²) in [4.78, 5) is 2.59. The van der Waals surface area contributed by atoms with Gasteiger partial charge in [-0.15, -0.1) is 0 Å². The molecule has 2 heterocycles. The molecule has 1 fully saturated rings. The predicted molar refractivity (Wildman–Crippen MR) is 76.1 cm³/mol. The maximum absolute atomic E-state index is 5.93. The molecule has 2 atom stereocenters. The van der Waals surface area contributed by atoms with E-state index in [1.54, 1.807) is 7.11 Å². The first-order valence-corrected chi connectivity index (χ1v) is 7.35. The average molecular weight is 261 g/mol. The zero-order chi connectivity index (χ0) is 13.2. The van der Waals surface area contributed by atoms with Crippen LogP contribution in [-0.2, 0) is 0 Å². The highest BCUT2D eigenvalue weighted by Crippen LogP contribution is 2.45. The average Bonchev–Trinajstić information content (AvgIpc) is 2.87. The lowest BCUT2D eigenvalue weighted by Crippen LogP contribution is -2.25. The van der Waals surface area contributed by atoms with Gasteiger partial charge in [-0.2, -0.15) is 0 Å². The number of nitrogens with zero attached hydrogens (tertiary/aromatic N) is 1.